The maximum Gasteiger partial charge on any atom is 0.306 e. The second-order valence-corrected chi connectivity index (χ2v) is 7.15. The van der Waals surface area contributed by atoms with Crippen molar-refractivity contribution in [3.63, 3.8) is 0 Å². The zero-order chi connectivity index (χ0) is 15.5. The van der Waals surface area contributed by atoms with E-state index in [1.54, 1.807) is 0 Å². The Kier molecular flexibility index (Phi) is 5.07. The van der Waals surface area contributed by atoms with E-state index in [0.717, 1.165) is 25.9 Å². The molecule has 1 unspecified atom stereocenters. The van der Waals surface area contributed by atoms with Crippen molar-refractivity contribution in [3.05, 3.63) is 27.7 Å². The third-order valence-electron chi connectivity index (χ3n) is 4.83. The summed E-state index contributed by atoms with van der Waals surface area (Å²) in [6.07, 6.45) is 6.57. The number of carbonyl (C=O) groups excluding carboxylic acids is 1. The molecule has 1 aromatic carbocycles. The number of aryl methyl sites for hydroxylation is 1. The van der Waals surface area contributed by atoms with Gasteiger partial charge in [0.15, 0.2) is 0 Å². The Morgan fingerprint density at radius 3 is 2.82 bits per heavy atom. The monoisotopic (exact) mass is 365 g/mol. The van der Waals surface area contributed by atoms with E-state index in [2.05, 4.69) is 33.0 Å². The molecule has 1 heterocycles. The summed E-state index contributed by atoms with van der Waals surface area (Å²) < 4.78 is 6.28. The molecule has 22 heavy (non-hydrogen) atoms. The van der Waals surface area contributed by atoms with E-state index in [4.69, 9.17) is 4.74 Å². The molecule has 0 saturated carbocycles. The molecule has 3 nitrogen and oxygen atoms in total. The van der Waals surface area contributed by atoms with Crippen LogP contribution < -0.4 is 4.90 Å². The van der Waals surface area contributed by atoms with Crippen LogP contribution in [-0.2, 0) is 16.0 Å². The van der Waals surface area contributed by atoms with E-state index in [1.807, 2.05) is 6.92 Å². The van der Waals surface area contributed by atoms with Crippen molar-refractivity contribution in [2.75, 3.05) is 24.6 Å². The average molecular weight is 366 g/mol. The zero-order valence-electron chi connectivity index (χ0n) is 13.2. The third-order valence-corrected chi connectivity index (χ3v) is 5.46. The summed E-state index contributed by atoms with van der Waals surface area (Å²) in [5.41, 5.74) is 4.08. The lowest BCUT2D eigenvalue weighted by Crippen LogP contribution is -2.29. The number of hydrogen-bond acceptors (Lipinski definition) is 3. The quantitative estimate of drug-likeness (QED) is 0.739. The SMILES string of the molecule is CCOC(=O)CC1CCc2cc(N3CCCCC3)c(Br)cc21. The summed E-state index contributed by atoms with van der Waals surface area (Å²) in [4.78, 5) is 14.3. The molecule has 1 aliphatic heterocycles. The first-order valence-corrected chi connectivity index (χ1v) is 9.21. The highest BCUT2D eigenvalue weighted by molar-refractivity contribution is 9.10. The van der Waals surface area contributed by atoms with Gasteiger partial charge in [-0.2, -0.15) is 0 Å². The molecule has 4 heteroatoms. The topological polar surface area (TPSA) is 29.5 Å². The number of esters is 1. The van der Waals surface area contributed by atoms with Gasteiger partial charge >= 0.3 is 5.97 Å². The van der Waals surface area contributed by atoms with Gasteiger partial charge in [-0.3, -0.25) is 4.79 Å². The van der Waals surface area contributed by atoms with Crippen LogP contribution in [0.25, 0.3) is 0 Å². The van der Waals surface area contributed by atoms with Crippen LogP contribution in [0.15, 0.2) is 16.6 Å². The first-order valence-electron chi connectivity index (χ1n) is 8.42. The van der Waals surface area contributed by atoms with Crippen molar-refractivity contribution < 1.29 is 9.53 Å². The Labute approximate surface area is 141 Å². The first kappa shape index (κ1) is 15.9. The summed E-state index contributed by atoms with van der Waals surface area (Å²) in [5.74, 6) is 0.248. The van der Waals surface area contributed by atoms with Crippen molar-refractivity contribution in [1.29, 1.82) is 0 Å². The standard InChI is InChI=1S/C18H24BrNO2/c1-2-22-18(21)11-14-7-6-13-10-17(16(19)12-15(13)14)20-8-4-3-5-9-20/h10,12,14H,2-9,11H2,1H3. The third kappa shape index (κ3) is 3.32. The van der Waals surface area contributed by atoms with Gasteiger partial charge < -0.3 is 9.64 Å². The minimum atomic E-state index is -0.0726. The lowest BCUT2D eigenvalue weighted by atomic mass is 9.97. The van der Waals surface area contributed by atoms with Crippen LogP contribution in [0.2, 0.25) is 0 Å². The largest absolute Gasteiger partial charge is 0.466 e. The number of rotatable bonds is 4. The fourth-order valence-electron chi connectivity index (χ4n) is 3.71. The molecule has 1 fully saturated rings. The summed E-state index contributed by atoms with van der Waals surface area (Å²) in [6.45, 7) is 4.64. The molecule has 1 aliphatic carbocycles. The van der Waals surface area contributed by atoms with Crippen molar-refractivity contribution in [1.82, 2.24) is 0 Å². The van der Waals surface area contributed by atoms with Crippen LogP contribution >= 0.6 is 15.9 Å². The van der Waals surface area contributed by atoms with Crippen LogP contribution in [0.4, 0.5) is 5.69 Å². The van der Waals surface area contributed by atoms with E-state index >= 15 is 0 Å². The maximum atomic E-state index is 11.8. The van der Waals surface area contributed by atoms with Gasteiger partial charge in [0.1, 0.15) is 0 Å². The summed E-state index contributed by atoms with van der Waals surface area (Å²) >= 11 is 3.75. The number of fused-ring (bicyclic) bond motifs is 1. The Morgan fingerprint density at radius 1 is 1.32 bits per heavy atom. The Bertz CT molecular complexity index is 552. The smallest absolute Gasteiger partial charge is 0.306 e. The zero-order valence-corrected chi connectivity index (χ0v) is 14.8. The second-order valence-electron chi connectivity index (χ2n) is 6.29. The maximum absolute atomic E-state index is 11.8. The molecule has 0 spiro atoms. The van der Waals surface area contributed by atoms with E-state index in [1.165, 1.54) is 40.5 Å². The fraction of sp³-hybridized carbons (Fsp3) is 0.611. The van der Waals surface area contributed by atoms with Crippen molar-refractivity contribution >= 4 is 27.6 Å². The molecule has 0 radical (unpaired) electrons. The second kappa shape index (κ2) is 7.03. The van der Waals surface area contributed by atoms with Gasteiger partial charge in [-0.05, 0) is 84.1 Å². The summed E-state index contributed by atoms with van der Waals surface area (Å²) in [6, 6.07) is 4.59. The van der Waals surface area contributed by atoms with Gasteiger partial charge in [-0.1, -0.05) is 0 Å². The number of nitrogens with zero attached hydrogens (tertiary/aromatic N) is 1. The Hall–Kier alpha value is -1.03. The van der Waals surface area contributed by atoms with Crippen LogP contribution in [0, 0.1) is 0 Å². The fourth-order valence-corrected chi connectivity index (χ4v) is 4.32. The van der Waals surface area contributed by atoms with E-state index in [-0.39, 0.29) is 5.97 Å². The van der Waals surface area contributed by atoms with Gasteiger partial charge in [-0.15, -0.1) is 0 Å². The van der Waals surface area contributed by atoms with Gasteiger partial charge in [0.05, 0.1) is 18.7 Å². The van der Waals surface area contributed by atoms with Gasteiger partial charge in [-0.25, -0.2) is 0 Å². The minimum absolute atomic E-state index is 0.0726. The Morgan fingerprint density at radius 2 is 2.09 bits per heavy atom. The van der Waals surface area contributed by atoms with Gasteiger partial charge in [0, 0.05) is 17.6 Å². The molecule has 0 N–H and O–H groups in total. The number of ether oxygens (including phenoxy) is 1. The van der Waals surface area contributed by atoms with Crippen LogP contribution in [0.1, 0.15) is 56.1 Å². The van der Waals surface area contributed by atoms with Crippen molar-refractivity contribution in [3.8, 4) is 0 Å². The first-order chi connectivity index (χ1) is 10.7. The average Bonchev–Trinajstić information content (AvgIpc) is 2.89. The number of hydrogen-bond donors (Lipinski definition) is 0. The number of benzene rings is 1. The number of carbonyl (C=O) groups is 1. The molecule has 3 rings (SSSR count). The summed E-state index contributed by atoms with van der Waals surface area (Å²) in [7, 11) is 0. The van der Waals surface area contributed by atoms with E-state index in [9.17, 15) is 4.79 Å². The molecule has 120 valence electrons. The highest BCUT2D eigenvalue weighted by Crippen LogP contribution is 2.41. The minimum Gasteiger partial charge on any atom is -0.466 e. The molecule has 1 saturated heterocycles. The van der Waals surface area contributed by atoms with Crippen molar-refractivity contribution in [2.24, 2.45) is 0 Å². The van der Waals surface area contributed by atoms with Crippen LogP contribution in [-0.4, -0.2) is 25.7 Å². The molecule has 0 amide bonds. The Balaban J connectivity index is 1.78. The molecular weight excluding hydrogens is 342 g/mol. The molecular formula is C18H24BrNO2. The number of halogens is 1. The van der Waals surface area contributed by atoms with Crippen LogP contribution in [0.5, 0.6) is 0 Å². The molecule has 0 bridgehead atoms. The predicted molar refractivity (Wildman–Crippen MR) is 92.5 cm³/mol. The molecule has 0 aromatic heterocycles. The lowest BCUT2D eigenvalue weighted by molar-refractivity contribution is -0.143. The molecule has 1 atom stereocenters. The van der Waals surface area contributed by atoms with Crippen LogP contribution in [0.3, 0.4) is 0 Å². The number of piperidine rings is 1. The van der Waals surface area contributed by atoms with Crippen molar-refractivity contribution in [2.45, 2.75) is 51.4 Å². The van der Waals surface area contributed by atoms with E-state index in [0.29, 0.717) is 18.9 Å². The lowest BCUT2D eigenvalue weighted by Gasteiger charge is -2.30. The predicted octanol–water partition coefficient (Wildman–Crippen LogP) is 4.42. The van der Waals surface area contributed by atoms with Gasteiger partial charge in [0.2, 0.25) is 0 Å². The highest BCUT2D eigenvalue weighted by atomic mass is 79.9. The normalized spacial score (nSPS) is 20.8. The molecule has 1 aromatic rings. The van der Waals surface area contributed by atoms with E-state index < -0.39 is 0 Å². The highest BCUT2D eigenvalue weighted by Gasteiger charge is 2.27. The number of anilines is 1. The van der Waals surface area contributed by atoms with Gasteiger partial charge in [0.25, 0.3) is 0 Å². The molecule has 2 aliphatic rings. The summed E-state index contributed by atoms with van der Waals surface area (Å²) in [5, 5.41) is 0.